The molecule has 0 N–H and O–H groups in total. The third kappa shape index (κ3) is 3.63. The number of carbonyl (C=O) groups excluding carboxylic acids is 1. The Kier molecular flexibility index (Phi) is 4.79. The van der Waals surface area contributed by atoms with Gasteiger partial charge in [-0.3, -0.25) is 4.79 Å². The van der Waals surface area contributed by atoms with Crippen LogP contribution in [0.15, 0.2) is 30.9 Å². The molecule has 1 aliphatic rings. The number of aromatic nitrogens is 2. The van der Waals surface area contributed by atoms with Crippen LogP contribution < -0.4 is 4.74 Å². The number of imidazole rings is 1. The first-order valence-electron chi connectivity index (χ1n) is 8.45. The predicted octanol–water partition coefficient (Wildman–Crippen LogP) is 3.82. The van der Waals surface area contributed by atoms with Gasteiger partial charge in [-0.25, -0.2) is 4.98 Å². The van der Waals surface area contributed by atoms with Gasteiger partial charge in [0.1, 0.15) is 5.75 Å². The van der Waals surface area contributed by atoms with E-state index < -0.39 is 0 Å². The van der Waals surface area contributed by atoms with Gasteiger partial charge in [-0.15, -0.1) is 0 Å². The second-order valence-corrected chi connectivity index (χ2v) is 6.42. The van der Waals surface area contributed by atoms with E-state index in [-0.39, 0.29) is 11.9 Å². The van der Waals surface area contributed by atoms with Crippen molar-refractivity contribution in [1.82, 2.24) is 9.55 Å². The quantitative estimate of drug-likeness (QED) is 0.762. The fraction of sp³-hybridized carbons (Fsp3) is 0.474. The van der Waals surface area contributed by atoms with E-state index in [9.17, 15) is 4.79 Å². The van der Waals surface area contributed by atoms with Crippen LogP contribution in [0.4, 0.5) is 0 Å². The van der Waals surface area contributed by atoms with E-state index >= 15 is 0 Å². The Hall–Kier alpha value is -2.10. The SMILES string of the molecule is CC(C)Oc1ccc(C(=O)CCn2ccnc2)c2c1CCCC2. The van der Waals surface area contributed by atoms with Crippen molar-refractivity contribution in [1.29, 1.82) is 0 Å². The zero-order chi connectivity index (χ0) is 16.2. The van der Waals surface area contributed by atoms with Gasteiger partial charge in [0.25, 0.3) is 0 Å². The van der Waals surface area contributed by atoms with Crippen LogP contribution in [0.2, 0.25) is 0 Å². The summed E-state index contributed by atoms with van der Waals surface area (Å²) in [6.07, 6.45) is 10.4. The van der Waals surface area contributed by atoms with Crippen molar-refractivity contribution in [3.63, 3.8) is 0 Å². The van der Waals surface area contributed by atoms with Gasteiger partial charge >= 0.3 is 0 Å². The first-order valence-corrected chi connectivity index (χ1v) is 8.45. The Morgan fingerprint density at radius 2 is 2.04 bits per heavy atom. The average molecular weight is 312 g/mol. The normalized spacial score (nSPS) is 13.9. The van der Waals surface area contributed by atoms with Crippen molar-refractivity contribution in [2.45, 2.75) is 58.6 Å². The maximum atomic E-state index is 12.7. The summed E-state index contributed by atoms with van der Waals surface area (Å²) >= 11 is 0. The first-order chi connectivity index (χ1) is 11.1. The topological polar surface area (TPSA) is 44.1 Å². The van der Waals surface area contributed by atoms with Crippen LogP contribution in [0, 0.1) is 0 Å². The number of ketones is 1. The summed E-state index contributed by atoms with van der Waals surface area (Å²) in [5, 5.41) is 0. The minimum Gasteiger partial charge on any atom is -0.491 e. The molecule has 0 saturated heterocycles. The second kappa shape index (κ2) is 6.99. The number of Topliss-reactive ketones (excluding diaryl/α,β-unsaturated/α-hetero) is 1. The van der Waals surface area contributed by atoms with Gasteiger partial charge in [0.05, 0.1) is 12.4 Å². The highest BCUT2D eigenvalue weighted by Gasteiger charge is 2.21. The number of rotatable bonds is 6. The van der Waals surface area contributed by atoms with Gasteiger partial charge in [0.2, 0.25) is 0 Å². The fourth-order valence-electron chi connectivity index (χ4n) is 3.24. The molecule has 0 bridgehead atoms. The summed E-state index contributed by atoms with van der Waals surface area (Å²) in [6, 6.07) is 3.94. The van der Waals surface area contributed by atoms with Gasteiger partial charge in [-0.1, -0.05) is 0 Å². The lowest BCUT2D eigenvalue weighted by Gasteiger charge is -2.23. The number of benzene rings is 1. The van der Waals surface area contributed by atoms with Crippen molar-refractivity contribution < 1.29 is 9.53 Å². The van der Waals surface area contributed by atoms with Crippen LogP contribution in [0.25, 0.3) is 0 Å². The highest BCUT2D eigenvalue weighted by molar-refractivity contribution is 5.98. The molecule has 0 spiro atoms. The number of ether oxygens (including phenoxy) is 1. The molecule has 4 heteroatoms. The van der Waals surface area contributed by atoms with Gasteiger partial charge in [-0.2, -0.15) is 0 Å². The molecule has 4 nitrogen and oxygen atoms in total. The molecule has 0 amide bonds. The monoisotopic (exact) mass is 312 g/mol. The number of fused-ring (bicyclic) bond motifs is 1. The van der Waals surface area contributed by atoms with E-state index in [1.54, 1.807) is 12.5 Å². The fourth-order valence-corrected chi connectivity index (χ4v) is 3.24. The maximum Gasteiger partial charge on any atom is 0.164 e. The number of hydrogen-bond acceptors (Lipinski definition) is 3. The molecular weight excluding hydrogens is 288 g/mol. The van der Waals surface area contributed by atoms with E-state index in [1.165, 1.54) is 17.5 Å². The molecule has 1 aliphatic carbocycles. The van der Waals surface area contributed by atoms with Crippen LogP contribution in [-0.2, 0) is 19.4 Å². The molecule has 0 unspecified atom stereocenters. The van der Waals surface area contributed by atoms with Crippen molar-refractivity contribution in [2.75, 3.05) is 0 Å². The summed E-state index contributed by atoms with van der Waals surface area (Å²) in [5.41, 5.74) is 3.35. The van der Waals surface area contributed by atoms with Crippen molar-refractivity contribution in [3.8, 4) is 5.75 Å². The maximum absolute atomic E-state index is 12.7. The van der Waals surface area contributed by atoms with Gasteiger partial charge in [-0.05, 0) is 62.8 Å². The molecule has 23 heavy (non-hydrogen) atoms. The molecule has 0 saturated carbocycles. The Labute approximate surface area is 137 Å². The van der Waals surface area contributed by atoms with Crippen LogP contribution in [0.3, 0.4) is 0 Å². The van der Waals surface area contributed by atoms with Gasteiger partial charge < -0.3 is 9.30 Å². The van der Waals surface area contributed by atoms with Crippen LogP contribution >= 0.6 is 0 Å². The molecule has 3 rings (SSSR count). The van der Waals surface area contributed by atoms with E-state index in [1.807, 2.05) is 36.7 Å². The lowest BCUT2D eigenvalue weighted by atomic mass is 9.85. The van der Waals surface area contributed by atoms with Gasteiger partial charge in [0.15, 0.2) is 5.78 Å². The summed E-state index contributed by atoms with van der Waals surface area (Å²) in [5.74, 6) is 1.17. The number of hydrogen-bond donors (Lipinski definition) is 0. The summed E-state index contributed by atoms with van der Waals surface area (Å²) < 4.78 is 7.89. The standard InChI is InChI=1S/C19H24N2O2/c1-14(2)23-19-8-7-16(15-5-3-4-6-17(15)19)18(22)9-11-21-12-10-20-13-21/h7-8,10,12-14H,3-6,9,11H2,1-2H3. The van der Waals surface area contributed by atoms with E-state index in [2.05, 4.69) is 4.98 Å². The highest BCUT2D eigenvalue weighted by atomic mass is 16.5. The van der Waals surface area contributed by atoms with Crippen LogP contribution in [0.5, 0.6) is 5.75 Å². The van der Waals surface area contributed by atoms with E-state index in [0.717, 1.165) is 30.6 Å². The molecule has 0 radical (unpaired) electrons. The Bertz CT molecular complexity index is 675. The number of aryl methyl sites for hydroxylation is 1. The average Bonchev–Trinajstić information content (AvgIpc) is 3.06. The largest absolute Gasteiger partial charge is 0.491 e. The molecule has 1 aromatic carbocycles. The summed E-state index contributed by atoms with van der Waals surface area (Å²) in [7, 11) is 0. The molecule has 1 aromatic heterocycles. The van der Waals surface area contributed by atoms with Crippen LogP contribution in [-0.4, -0.2) is 21.4 Å². The predicted molar refractivity (Wildman–Crippen MR) is 90.0 cm³/mol. The van der Waals surface area contributed by atoms with E-state index in [0.29, 0.717) is 13.0 Å². The number of carbonyl (C=O) groups is 1. The molecule has 122 valence electrons. The minimum absolute atomic E-state index is 0.156. The van der Waals surface area contributed by atoms with Crippen molar-refractivity contribution in [2.24, 2.45) is 0 Å². The molecule has 0 atom stereocenters. The lowest BCUT2D eigenvalue weighted by Crippen LogP contribution is -2.15. The molecule has 0 fully saturated rings. The van der Waals surface area contributed by atoms with E-state index in [4.69, 9.17) is 4.74 Å². The molecular formula is C19H24N2O2. The van der Waals surface area contributed by atoms with Crippen LogP contribution in [0.1, 0.15) is 54.6 Å². The number of nitrogens with zero attached hydrogens (tertiary/aromatic N) is 2. The Morgan fingerprint density at radius 3 is 2.74 bits per heavy atom. The second-order valence-electron chi connectivity index (χ2n) is 6.42. The zero-order valence-electron chi connectivity index (χ0n) is 13.9. The summed E-state index contributed by atoms with van der Waals surface area (Å²) in [4.78, 5) is 16.7. The lowest BCUT2D eigenvalue weighted by molar-refractivity contribution is 0.0975. The Balaban J connectivity index is 1.82. The zero-order valence-corrected chi connectivity index (χ0v) is 13.9. The third-order valence-corrected chi connectivity index (χ3v) is 4.31. The molecule has 0 aliphatic heterocycles. The highest BCUT2D eigenvalue weighted by Crippen LogP contribution is 2.33. The molecule has 2 aromatic rings. The smallest absolute Gasteiger partial charge is 0.164 e. The van der Waals surface area contributed by atoms with Gasteiger partial charge in [0, 0.05) is 30.9 Å². The summed E-state index contributed by atoms with van der Waals surface area (Å²) in [6.45, 7) is 4.76. The Morgan fingerprint density at radius 1 is 1.26 bits per heavy atom. The molecule has 1 heterocycles. The first kappa shape index (κ1) is 15.8. The van der Waals surface area contributed by atoms with Crippen molar-refractivity contribution in [3.05, 3.63) is 47.5 Å². The minimum atomic E-state index is 0.156. The van der Waals surface area contributed by atoms with Crippen molar-refractivity contribution >= 4 is 5.78 Å². The third-order valence-electron chi connectivity index (χ3n) is 4.31.